The summed E-state index contributed by atoms with van der Waals surface area (Å²) in [5.41, 5.74) is 1.86. The number of nitro groups is 1. The van der Waals surface area contributed by atoms with Crippen LogP contribution >= 0.6 is 23.5 Å². The van der Waals surface area contributed by atoms with E-state index in [4.69, 9.17) is 0 Å². The Labute approximate surface area is 185 Å². The van der Waals surface area contributed by atoms with Gasteiger partial charge in [-0.3, -0.25) is 10.1 Å². The quantitative estimate of drug-likeness (QED) is 0.158. The van der Waals surface area contributed by atoms with E-state index in [-0.39, 0.29) is 10.6 Å². The number of aromatic nitrogens is 2. The Morgan fingerprint density at radius 3 is 2.52 bits per heavy atom. The zero-order valence-corrected chi connectivity index (χ0v) is 17.5. The number of nitrogens with one attached hydrogen (secondary N) is 1. The monoisotopic (exact) mass is 449 g/mol. The van der Waals surface area contributed by atoms with E-state index in [9.17, 15) is 20.0 Å². The van der Waals surface area contributed by atoms with Crippen LogP contribution in [0.2, 0.25) is 0 Å². The third-order valence-electron chi connectivity index (χ3n) is 4.25. The molecule has 2 N–H and O–H groups in total. The molecule has 0 radical (unpaired) electrons. The standard InChI is InChI=1S/C22H15N3O4S2/c26-21(27)20(31-22-23-17-8-4-5-9-18(17)24-22)13-14-12-15(25(28)29)10-11-19(14)30-16-6-2-1-3-7-16/h1-13H,(H,23,24)(H,26,27)/b20-13+. The van der Waals surface area contributed by atoms with Gasteiger partial charge in [0.15, 0.2) is 5.16 Å². The van der Waals surface area contributed by atoms with Gasteiger partial charge < -0.3 is 10.1 Å². The fourth-order valence-electron chi connectivity index (χ4n) is 2.83. The first-order chi connectivity index (χ1) is 15.0. The number of aromatic amines is 1. The number of carboxylic acids is 1. The van der Waals surface area contributed by atoms with Gasteiger partial charge in [-0.15, -0.1) is 0 Å². The molecule has 0 amide bonds. The van der Waals surface area contributed by atoms with Crippen molar-refractivity contribution in [2.75, 3.05) is 0 Å². The molecule has 0 unspecified atom stereocenters. The van der Waals surface area contributed by atoms with Crippen LogP contribution in [0.3, 0.4) is 0 Å². The molecule has 0 saturated carbocycles. The van der Waals surface area contributed by atoms with Gasteiger partial charge in [0.05, 0.1) is 16.0 Å². The van der Waals surface area contributed by atoms with Crippen LogP contribution in [0.5, 0.6) is 0 Å². The summed E-state index contributed by atoms with van der Waals surface area (Å²) in [7, 11) is 0. The van der Waals surface area contributed by atoms with Crippen LogP contribution in [-0.4, -0.2) is 26.0 Å². The van der Waals surface area contributed by atoms with Crippen molar-refractivity contribution in [3.05, 3.63) is 93.4 Å². The second-order valence-electron chi connectivity index (χ2n) is 6.37. The van der Waals surface area contributed by atoms with Gasteiger partial charge in [-0.25, -0.2) is 9.78 Å². The maximum atomic E-state index is 11.9. The molecule has 154 valence electrons. The number of hydrogen-bond donors (Lipinski definition) is 2. The third-order valence-corrected chi connectivity index (χ3v) is 6.25. The van der Waals surface area contributed by atoms with Crippen molar-refractivity contribution in [3.63, 3.8) is 0 Å². The van der Waals surface area contributed by atoms with Gasteiger partial charge in [0.25, 0.3) is 5.69 Å². The first-order valence-electron chi connectivity index (χ1n) is 9.08. The Balaban J connectivity index is 1.73. The number of nitrogens with zero attached hydrogens (tertiary/aromatic N) is 2. The summed E-state index contributed by atoms with van der Waals surface area (Å²) in [6.45, 7) is 0. The number of carboxylic acid groups (broad SMARTS) is 1. The average molecular weight is 450 g/mol. The lowest BCUT2D eigenvalue weighted by atomic mass is 10.2. The van der Waals surface area contributed by atoms with Crippen LogP contribution in [0.25, 0.3) is 17.1 Å². The number of thioether (sulfide) groups is 1. The van der Waals surface area contributed by atoms with E-state index in [0.717, 1.165) is 27.7 Å². The van der Waals surface area contributed by atoms with Crippen molar-refractivity contribution in [1.29, 1.82) is 0 Å². The summed E-state index contributed by atoms with van der Waals surface area (Å²) < 4.78 is 0. The van der Waals surface area contributed by atoms with Crippen molar-refractivity contribution in [3.8, 4) is 0 Å². The summed E-state index contributed by atoms with van der Waals surface area (Å²) in [5.74, 6) is -1.15. The molecule has 1 heterocycles. The lowest BCUT2D eigenvalue weighted by Crippen LogP contribution is -1.98. The molecule has 4 aromatic rings. The van der Waals surface area contributed by atoms with Gasteiger partial charge in [0.2, 0.25) is 0 Å². The predicted molar refractivity (Wildman–Crippen MR) is 121 cm³/mol. The highest BCUT2D eigenvalue weighted by molar-refractivity contribution is 8.04. The highest BCUT2D eigenvalue weighted by Crippen LogP contribution is 2.36. The van der Waals surface area contributed by atoms with Gasteiger partial charge in [-0.1, -0.05) is 42.1 Å². The number of aliphatic carboxylic acids is 1. The third kappa shape index (κ3) is 4.96. The van der Waals surface area contributed by atoms with Crippen molar-refractivity contribution in [2.45, 2.75) is 14.9 Å². The van der Waals surface area contributed by atoms with Gasteiger partial charge in [-0.05, 0) is 53.7 Å². The summed E-state index contributed by atoms with van der Waals surface area (Å²) in [6.07, 6.45) is 1.44. The largest absolute Gasteiger partial charge is 0.477 e. The maximum Gasteiger partial charge on any atom is 0.342 e. The molecule has 0 aliphatic heterocycles. The van der Waals surface area contributed by atoms with Crippen LogP contribution < -0.4 is 0 Å². The number of carbonyl (C=O) groups is 1. The summed E-state index contributed by atoms with van der Waals surface area (Å²) in [4.78, 5) is 31.8. The number of hydrogen-bond acceptors (Lipinski definition) is 6. The minimum atomic E-state index is -1.15. The number of fused-ring (bicyclic) bond motifs is 1. The van der Waals surface area contributed by atoms with Gasteiger partial charge in [-0.2, -0.15) is 0 Å². The fourth-order valence-corrected chi connectivity index (χ4v) is 4.53. The molecule has 31 heavy (non-hydrogen) atoms. The molecule has 0 atom stereocenters. The second kappa shape index (κ2) is 9.07. The van der Waals surface area contributed by atoms with Crippen LogP contribution in [-0.2, 0) is 4.79 Å². The molecule has 0 aliphatic rings. The number of para-hydroxylation sites is 2. The summed E-state index contributed by atoms with van der Waals surface area (Å²) in [5, 5.41) is 21.5. The first kappa shape index (κ1) is 20.7. The summed E-state index contributed by atoms with van der Waals surface area (Å²) >= 11 is 2.37. The normalized spacial score (nSPS) is 11.5. The van der Waals surface area contributed by atoms with Crippen LogP contribution in [0, 0.1) is 10.1 Å². The molecule has 0 fully saturated rings. The second-order valence-corrected chi connectivity index (χ2v) is 8.52. The molecule has 0 spiro atoms. The van der Waals surface area contributed by atoms with E-state index in [1.807, 2.05) is 54.6 Å². The summed E-state index contributed by atoms with van der Waals surface area (Å²) in [6, 6.07) is 21.3. The van der Waals surface area contributed by atoms with Gasteiger partial charge in [0.1, 0.15) is 4.91 Å². The Morgan fingerprint density at radius 2 is 1.81 bits per heavy atom. The van der Waals surface area contributed by atoms with Crippen molar-refractivity contribution >= 4 is 52.3 Å². The first-order valence-corrected chi connectivity index (χ1v) is 10.7. The molecule has 0 bridgehead atoms. The highest BCUT2D eigenvalue weighted by Gasteiger charge is 2.16. The number of H-pyrrole nitrogens is 1. The zero-order chi connectivity index (χ0) is 21.8. The van der Waals surface area contributed by atoms with Crippen molar-refractivity contribution in [1.82, 2.24) is 9.97 Å². The number of benzene rings is 3. The molecule has 3 aromatic carbocycles. The number of imidazole rings is 1. The number of non-ortho nitro benzene ring substituents is 1. The maximum absolute atomic E-state index is 11.9. The van der Waals surface area contributed by atoms with Crippen molar-refractivity contribution in [2.24, 2.45) is 0 Å². The van der Waals surface area contributed by atoms with Crippen LogP contribution in [0.15, 0.2) is 92.6 Å². The number of rotatable bonds is 7. The SMILES string of the molecule is O=C(O)/C(=C\c1cc([N+](=O)[O-])ccc1Sc1ccccc1)Sc1nc2ccccc2[nH]1. The Morgan fingerprint density at radius 1 is 1.06 bits per heavy atom. The van der Waals surface area contributed by atoms with Crippen molar-refractivity contribution < 1.29 is 14.8 Å². The molecule has 0 aliphatic carbocycles. The van der Waals surface area contributed by atoms with E-state index < -0.39 is 10.9 Å². The molecule has 4 rings (SSSR count). The lowest BCUT2D eigenvalue weighted by molar-refractivity contribution is -0.384. The van der Waals surface area contributed by atoms with Gasteiger partial charge >= 0.3 is 5.97 Å². The molecule has 1 aromatic heterocycles. The molecular weight excluding hydrogens is 434 g/mol. The van der Waals surface area contributed by atoms with E-state index in [1.165, 1.54) is 30.0 Å². The Bertz CT molecular complexity index is 1270. The zero-order valence-electron chi connectivity index (χ0n) is 15.9. The minimum absolute atomic E-state index is 0.00512. The highest BCUT2D eigenvalue weighted by atomic mass is 32.2. The van der Waals surface area contributed by atoms with E-state index >= 15 is 0 Å². The Hall–Kier alpha value is -3.56. The molecule has 7 nitrogen and oxygen atoms in total. The lowest BCUT2D eigenvalue weighted by Gasteiger charge is -2.07. The average Bonchev–Trinajstić information content (AvgIpc) is 3.17. The molecular formula is C22H15N3O4S2. The Kier molecular flexibility index (Phi) is 6.06. The van der Waals surface area contributed by atoms with E-state index in [1.54, 1.807) is 6.07 Å². The predicted octanol–water partition coefficient (Wildman–Crippen LogP) is 5.84. The van der Waals surface area contributed by atoms with E-state index in [0.29, 0.717) is 15.6 Å². The molecule has 9 heteroatoms. The van der Waals surface area contributed by atoms with Crippen LogP contribution in [0.4, 0.5) is 5.69 Å². The smallest absolute Gasteiger partial charge is 0.342 e. The fraction of sp³-hybridized carbons (Fsp3) is 0. The van der Waals surface area contributed by atoms with E-state index in [2.05, 4.69) is 9.97 Å². The van der Waals surface area contributed by atoms with Gasteiger partial charge in [0, 0.05) is 21.9 Å². The molecule has 0 saturated heterocycles. The number of nitro benzene ring substituents is 1. The minimum Gasteiger partial charge on any atom is -0.477 e. The topological polar surface area (TPSA) is 109 Å². The van der Waals surface area contributed by atoms with Crippen LogP contribution in [0.1, 0.15) is 5.56 Å².